The quantitative estimate of drug-likeness (QED) is 0.564. The van der Waals surface area contributed by atoms with E-state index in [1.54, 1.807) is 6.92 Å². The molecule has 9 heavy (non-hydrogen) atoms. The monoisotopic (exact) mass is 128 g/mol. The van der Waals surface area contributed by atoms with E-state index in [1.165, 1.54) is 0 Å². The van der Waals surface area contributed by atoms with E-state index in [9.17, 15) is 0 Å². The Bertz CT molecular complexity index is 101. The Morgan fingerprint density at radius 1 is 1.44 bits per heavy atom. The zero-order chi connectivity index (χ0) is 7.49. The molecule has 0 aliphatic carbocycles. The van der Waals surface area contributed by atoms with Crippen LogP contribution >= 0.6 is 0 Å². The standard InChI is InChI=1S/C8H16O/c1-5-6-8(3,4)7(2)9/h5-7,9H,1-4H3/b6-5+. The fraction of sp³-hybridized carbons (Fsp3) is 0.750. The largest absolute Gasteiger partial charge is 0.393 e. The van der Waals surface area contributed by atoms with Gasteiger partial charge in [0.2, 0.25) is 0 Å². The van der Waals surface area contributed by atoms with Crippen LogP contribution in [0, 0.1) is 5.41 Å². The van der Waals surface area contributed by atoms with Gasteiger partial charge in [-0.3, -0.25) is 0 Å². The lowest BCUT2D eigenvalue weighted by Gasteiger charge is -2.23. The first-order chi connectivity index (χ1) is 4.00. The molecule has 1 heteroatoms. The minimum absolute atomic E-state index is 0.0747. The lowest BCUT2D eigenvalue weighted by molar-refractivity contribution is 0.0995. The Labute approximate surface area is 57.4 Å². The maximum Gasteiger partial charge on any atom is 0.0597 e. The lowest BCUT2D eigenvalue weighted by Crippen LogP contribution is -2.23. The molecule has 0 fully saturated rings. The predicted octanol–water partition coefficient (Wildman–Crippen LogP) is 1.97. The van der Waals surface area contributed by atoms with E-state index >= 15 is 0 Å². The molecule has 0 heterocycles. The number of aliphatic hydroxyl groups is 1. The maximum atomic E-state index is 9.16. The Morgan fingerprint density at radius 2 is 1.89 bits per heavy atom. The van der Waals surface area contributed by atoms with E-state index in [0.717, 1.165) is 0 Å². The fourth-order valence-electron chi connectivity index (χ4n) is 0.569. The molecule has 1 unspecified atom stereocenters. The molecule has 0 bridgehead atoms. The van der Waals surface area contributed by atoms with Gasteiger partial charge in [-0.05, 0) is 13.8 Å². The highest BCUT2D eigenvalue weighted by Crippen LogP contribution is 2.21. The Balaban J connectivity index is 4.01. The number of hydrogen-bond donors (Lipinski definition) is 1. The van der Waals surface area contributed by atoms with E-state index in [1.807, 2.05) is 32.9 Å². The van der Waals surface area contributed by atoms with Gasteiger partial charge in [0, 0.05) is 5.41 Å². The van der Waals surface area contributed by atoms with Crippen molar-refractivity contribution in [3.8, 4) is 0 Å². The number of rotatable bonds is 2. The molecule has 1 nitrogen and oxygen atoms in total. The van der Waals surface area contributed by atoms with Crippen LogP contribution in [0.25, 0.3) is 0 Å². The van der Waals surface area contributed by atoms with Crippen molar-refractivity contribution in [3.05, 3.63) is 12.2 Å². The summed E-state index contributed by atoms with van der Waals surface area (Å²) < 4.78 is 0. The van der Waals surface area contributed by atoms with E-state index in [0.29, 0.717) is 0 Å². The van der Waals surface area contributed by atoms with Crippen LogP contribution in [0.15, 0.2) is 12.2 Å². The maximum absolute atomic E-state index is 9.16. The molecule has 0 saturated carbocycles. The predicted molar refractivity (Wildman–Crippen MR) is 40.3 cm³/mol. The molecule has 54 valence electrons. The molecule has 0 radical (unpaired) electrons. The van der Waals surface area contributed by atoms with Crippen LogP contribution in [0.1, 0.15) is 27.7 Å². The third-order valence-corrected chi connectivity index (χ3v) is 1.67. The van der Waals surface area contributed by atoms with Crippen LogP contribution in [0.3, 0.4) is 0 Å². The van der Waals surface area contributed by atoms with Gasteiger partial charge in [0.25, 0.3) is 0 Å². The topological polar surface area (TPSA) is 20.2 Å². The first-order valence-electron chi connectivity index (χ1n) is 3.32. The minimum atomic E-state index is -0.270. The summed E-state index contributed by atoms with van der Waals surface area (Å²) in [7, 11) is 0. The summed E-state index contributed by atoms with van der Waals surface area (Å²) in [4.78, 5) is 0. The molecule has 0 aliphatic rings. The van der Waals surface area contributed by atoms with Gasteiger partial charge in [-0.15, -0.1) is 0 Å². The molecule has 0 aliphatic heterocycles. The van der Waals surface area contributed by atoms with Crippen molar-refractivity contribution in [2.24, 2.45) is 5.41 Å². The first kappa shape index (κ1) is 8.70. The van der Waals surface area contributed by atoms with Gasteiger partial charge >= 0.3 is 0 Å². The molecular weight excluding hydrogens is 112 g/mol. The van der Waals surface area contributed by atoms with Crippen molar-refractivity contribution in [3.63, 3.8) is 0 Å². The second-order valence-electron chi connectivity index (χ2n) is 3.00. The van der Waals surface area contributed by atoms with Crippen LogP contribution in [-0.2, 0) is 0 Å². The highest BCUT2D eigenvalue weighted by Gasteiger charge is 2.19. The number of aliphatic hydroxyl groups excluding tert-OH is 1. The zero-order valence-corrected chi connectivity index (χ0v) is 6.68. The zero-order valence-electron chi connectivity index (χ0n) is 6.68. The van der Waals surface area contributed by atoms with E-state index in [-0.39, 0.29) is 11.5 Å². The van der Waals surface area contributed by atoms with Crippen molar-refractivity contribution in [1.29, 1.82) is 0 Å². The van der Waals surface area contributed by atoms with Gasteiger partial charge < -0.3 is 5.11 Å². The first-order valence-corrected chi connectivity index (χ1v) is 3.32. The molecular formula is C8H16O. The smallest absolute Gasteiger partial charge is 0.0597 e. The number of hydrogen-bond acceptors (Lipinski definition) is 1. The summed E-state index contributed by atoms with van der Waals surface area (Å²) in [5, 5.41) is 9.16. The molecule has 1 atom stereocenters. The average Bonchev–Trinajstić information content (AvgIpc) is 1.65. The van der Waals surface area contributed by atoms with Gasteiger partial charge in [-0.1, -0.05) is 26.0 Å². The normalized spacial score (nSPS) is 16.6. The second kappa shape index (κ2) is 3.02. The van der Waals surface area contributed by atoms with Gasteiger partial charge in [0.15, 0.2) is 0 Å². The van der Waals surface area contributed by atoms with Crippen molar-refractivity contribution >= 4 is 0 Å². The van der Waals surface area contributed by atoms with Crippen LogP contribution in [-0.4, -0.2) is 11.2 Å². The second-order valence-corrected chi connectivity index (χ2v) is 3.00. The van der Waals surface area contributed by atoms with Crippen molar-refractivity contribution in [2.75, 3.05) is 0 Å². The molecule has 0 rings (SSSR count). The Morgan fingerprint density at radius 3 is 2.00 bits per heavy atom. The van der Waals surface area contributed by atoms with Crippen LogP contribution < -0.4 is 0 Å². The van der Waals surface area contributed by atoms with Gasteiger partial charge in [-0.25, -0.2) is 0 Å². The molecule has 0 aromatic carbocycles. The van der Waals surface area contributed by atoms with E-state index in [4.69, 9.17) is 5.11 Å². The van der Waals surface area contributed by atoms with Crippen LogP contribution in [0.5, 0.6) is 0 Å². The summed E-state index contributed by atoms with van der Waals surface area (Å²) >= 11 is 0. The van der Waals surface area contributed by atoms with Crippen LogP contribution in [0.4, 0.5) is 0 Å². The van der Waals surface area contributed by atoms with Crippen molar-refractivity contribution in [1.82, 2.24) is 0 Å². The Hall–Kier alpha value is -0.300. The molecule has 0 amide bonds. The highest BCUT2D eigenvalue weighted by molar-refractivity contribution is 4.95. The summed E-state index contributed by atoms with van der Waals surface area (Å²) in [6, 6.07) is 0. The van der Waals surface area contributed by atoms with E-state index in [2.05, 4.69) is 0 Å². The SMILES string of the molecule is C/C=C/C(C)(C)C(C)O. The molecule has 1 N–H and O–H groups in total. The van der Waals surface area contributed by atoms with Crippen LogP contribution in [0.2, 0.25) is 0 Å². The molecule has 0 aromatic rings. The van der Waals surface area contributed by atoms with Gasteiger partial charge in [0.1, 0.15) is 0 Å². The number of allylic oxidation sites excluding steroid dienone is 1. The van der Waals surface area contributed by atoms with Crippen molar-refractivity contribution in [2.45, 2.75) is 33.8 Å². The third-order valence-electron chi connectivity index (χ3n) is 1.67. The average molecular weight is 128 g/mol. The van der Waals surface area contributed by atoms with Crippen molar-refractivity contribution < 1.29 is 5.11 Å². The van der Waals surface area contributed by atoms with Gasteiger partial charge in [-0.2, -0.15) is 0 Å². The minimum Gasteiger partial charge on any atom is -0.393 e. The fourth-order valence-corrected chi connectivity index (χ4v) is 0.569. The Kier molecular flexibility index (Phi) is 2.92. The highest BCUT2D eigenvalue weighted by atomic mass is 16.3. The summed E-state index contributed by atoms with van der Waals surface area (Å²) in [5.74, 6) is 0. The summed E-state index contributed by atoms with van der Waals surface area (Å²) in [5.41, 5.74) is -0.0747. The molecule has 0 spiro atoms. The summed E-state index contributed by atoms with van der Waals surface area (Å²) in [6.07, 6.45) is 3.71. The lowest BCUT2D eigenvalue weighted by atomic mass is 9.87. The molecule has 0 aromatic heterocycles. The molecule has 0 saturated heterocycles. The van der Waals surface area contributed by atoms with E-state index < -0.39 is 0 Å². The third kappa shape index (κ3) is 2.66. The van der Waals surface area contributed by atoms with Gasteiger partial charge in [0.05, 0.1) is 6.10 Å². The summed E-state index contributed by atoms with van der Waals surface area (Å²) in [6.45, 7) is 7.79.